The van der Waals surface area contributed by atoms with Gasteiger partial charge in [-0.25, -0.2) is 9.97 Å². The summed E-state index contributed by atoms with van der Waals surface area (Å²) in [5.41, 5.74) is 7.43. The number of methoxy groups -OCH3 is 1. The van der Waals surface area contributed by atoms with Crippen LogP contribution in [0.1, 0.15) is 6.92 Å². The van der Waals surface area contributed by atoms with Gasteiger partial charge in [-0.05, 0) is 19.1 Å². The number of nitrogens with two attached hydrogens (primary N) is 1. The summed E-state index contributed by atoms with van der Waals surface area (Å²) < 4.78 is 5.19. The lowest BCUT2D eigenvalue weighted by molar-refractivity contribution is 0.302. The molecule has 118 valence electrons. The SMILES string of the molecule is CCN(CCO)c1ncnc(Nc2cccc(OC)c2)c1N. The Hall–Kier alpha value is -2.54. The van der Waals surface area contributed by atoms with Gasteiger partial charge in [0.25, 0.3) is 0 Å². The Morgan fingerprint density at radius 1 is 1.36 bits per heavy atom. The van der Waals surface area contributed by atoms with Gasteiger partial charge in [0.05, 0.1) is 13.7 Å². The van der Waals surface area contributed by atoms with E-state index >= 15 is 0 Å². The lowest BCUT2D eigenvalue weighted by Gasteiger charge is -2.23. The van der Waals surface area contributed by atoms with Gasteiger partial charge in [-0.15, -0.1) is 0 Å². The highest BCUT2D eigenvalue weighted by Crippen LogP contribution is 2.29. The zero-order valence-corrected chi connectivity index (χ0v) is 12.8. The molecule has 0 unspecified atom stereocenters. The average Bonchev–Trinajstić information content (AvgIpc) is 2.55. The minimum absolute atomic E-state index is 0.0376. The molecule has 0 saturated heterocycles. The van der Waals surface area contributed by atoms with Gasteiger partial charge in [0, 0.05) is 24.8 Å². The summed E-state index contributed by atoms with van der Waals surface area (Å²) >= 11 is 0. The molecule has 0 amide bonds. The van der Waals surface area contributed by atoms with Crippen LogP contribution in [0, 0.1) is 0 Å². The van der Waals surface area contributed by atoms with Crippen LogP contribution in [0.15, 0.2) is 30.6 Å². The Kier molecular flexibility index (Phi) is 5.37. The third-order valence-corrected chi connectivity index (χ3v) is 3.25. The number of benzene rings is 1. The molecule has 2 rings (SSSR count). The molecule has 1 heterocycles. The highest BCUT2D eigenvalue weighted by Gasteiger charge is 2.13. The van der Waals surface area contributed by atoms with E-state index in [9.17, 15) is 0 Å². The van der Waals surface area contributed by atoms with Gasteiger partial charge in [-0.2, -0.15) is 0 Å². The molecule has 4 N–H and O–H groups in total. The van der Waals surface area contributed by atoms with Crippen LogP contribution in [0.5, 0.6) is 5.75 Å². The first-order valence-electron chi connectivity index (χ1n) is 7.07. The number of hydrogen-bond acceptors (Lipinski definition) is 7. The zero-order valence-electron chi connectivity index (χ0n) is 12.8. The molecule has 0 radical (unpaired) electrons. The van der Waals surface area contributed by atoms with Gasteiger partial charge >= 0.3 is 0 Å². The predicted octanol–water partition coefficient (Wildman–Crippen LogP) is 1.63. The standard InChI is InChI=1S/C15H21N5O2/c1-3-20(7-8-21)15-13(16)14(17-10-18-15)19-11-5-4-6-12(9-11)22-2/h4-6,9-10,21H,3,7-8,16H2,1-2H3,(H,17,18,19). The second-order valence-electron chi connectivity index (χ2n) is 4.62. The molecule has 1 aromatic heterocycles. The van der Waals surface area contributed by atoms with E-state index in [1.807, 2.05) is 36.1 Å². The van der Waals surface area contributed by atoms with E-state index in [4.69, 9.17) is 15.6 Å². The Labute approximate surface area is 129 Å². The second-order valence-corrected chi connectivity index (χ2v) is 4.62. The number of nitrogens with zero attached hydrogens (tertiary/aromatic N) is 3. The van der Waals surface area contributed by atoms with Crippen molar-refractivity contribution in [3.05, 3.63) is 30.6 Å². The Balaban J connectivity index is 2.28. The number of rotatable bonds is 7. The number of hydrogen-bond donors (Lipinski definition) is 3. The first kappa shape index (κ1) is 15.8. The topological polar surface area (TPSA) is 96.5 Å². The highest BCUT2D eigenvalue weighted by molar-refractivity contribution is 5.78. The van der Waals surface area contributed by atoms with Gasteiger partial charge in [0.2, 0.25) is 0 Å². The maximum Gasteiger partial charge on any atom is 0.159 e. The zero-order chi connectivity index (χ0) is 15.9. The van der Waals surface area contributed by atoms with E-state index in [1.54, 1.807) is 7.11 Å². The van der Waals surface area contributed by atoms with Crippen molar-refractivity contribution in [1.82, 2.24) is 9.97 Å². The number of likely N-dealkylation sites (N-methyl/N-ethyl adjacent to an activating group) is 1. The van der Waals surface area contributed by atoms with Gasteiger partial charge in [-0.1, -0.05) is 6.07 Å². The van der Waals surface area contributed by atoms with Crippen LogP contribution in [-0.4, -0.2) is 41.9 Å². The van der Waals surface area contributed by atoms with E-state index < -0.39 is 0 Å². The molecule has 0 spiro atoms. The first-order chi connectivity index (χ1) is 10.7. The van der Waals surface area contributed by atoms with Crippen molar-refractivity contribution in [2.45, 2.75) is 6.92 Å². The lowest BCUT2D eigenvalue weighted by atomic mass is 10.3. The summed E-state index contributed by atoms with van der Waals surface area (Å²) in [6, 6.07) is 7.49. The summed E-state index contributed by atoms with van der Waals surface area (Å²) in [4.78, 5) is 10.3. The van der Waals surface area contributed by atoms with Crippen LogP contribution in [-0.2, 0) is 0 Å². The maximum absolute atomic E-state index is 9.13. The fourth-order valence-corrected chi connectivity index (χ4v) is 2.11. The van der Waals surface area contributed by atoms with Crippen molar-refractivity contribution >= 4 is 23.0 Å². The van der Waals surface area contributed by atoms with Gasteiger partial charge in [0.1, 0.15) is 17.8 Å². The van der Waals surface area contributed by atoms with Crippen LogP contribution in [0.25, 0.3) is 0 Å². The largest absolute Gasteiger partial charge is 0.497 e. The van der Waals surface area contributed by atoms with Crippen LogP contribution >= 0.6 is 0 Å². The number of aliphatic hydroxyl groups is 1. The number of nitrogens with one attached hydrogen (secondary N) is 1. The fourth-order valence-electron chi connectivity index (χ4n) is 2.11. The molecule has 2 aromatic rings. The van der Waals surface area contributed by atoms with Crippen LogP contribution in [0.2, 0.25) is 0 Å². The summed E-state index contributed by atoms with van der Waals surface area (Å²) in [6.07, 6.45) is 1.45. The Morgan fingerprint density at radius 3 is 2.86 bits per heavy atom. The quantitative estimate of drug-likeness (QED) is 0.715. The number of aromatic nitrogens is 2. The monoisotopic (exact) mass is 303 g/mol. The number of anilines is 4. The van der Waals surface area contributed by atoms with Crippen molar-refractivity contribution in [2.75, 3.05) is 42.8 Å². The Bertz CT molecular complexity index is 621. The van der Waals surface area contributed by atoms with Crippen LogP contribution in [0.3, 0.4) is 0 Å². The third kappa shape index (κ3) is 3.56. The van der Waals surface area contributed by atoms with E-state index in [0.717, 1.165) is 11.4 Å². The minimum atomic E-state index is 0.0376. The number of aliphatic hydroxyl groups excluding tert-OH is 1. The van der Waals surface area contributed by atoms with Crippen LogP contribution in [0.4, 0.5) is 23.0 Å². The molecule has 0 bridgehead atoms. The molecule has 0 saturated carbocycles. The molecule has 1 aromatic carbocycles. The average molecular weight is 303 g/mol. The molecule has 7 heteroatoms. The van der Waals surface area contributed by atoms with Gasteiger partial charge in [-0.3, -0.25) is 0 Å². The molecular formula is C15H21N5O2. The molecule has 7 nitrogen and oxygen atoms in total. The van der Waals surface area contributed by atoms with Crippen LogP contribution < -0.4 is 20.7 Å². The third-order valence-electron chi connectivity index (χ3n) is 3.25. The number of ether oxygens (including phenoxy) is 1. The van der Waals surface area contributed by atoms with E-state index in [2.05, 4.69) is 15.3 Å². The predicted molar refractivity (Wildman–Crippen MR) is 87.7 cm³/mol. The van der Waals surface area contributed by atoms with Crippen molar-refractivity contribution in [3.8, 4) is 5.75 Å². The summed E-state index contributed by atoms with van der Waals surface area (Å²) in [6.45, 7) is 3.18. The maximum atomic E-state index is 9.13. The second kappa shape index (κ2) is 7.46. The Morgan fingerprint density at radius 2 is 2.18 bits per heavy atom. The highest BCUT2D eigenvalue weighted by atomic mass is 16.5. The molecule has 0 atom stereocenters. The fraction of sp³-hybridized carbons (Fsp3) is 0.333. The first-order valence-corrected chi connectivity index (χ1v) is 7.07. The van der Waals surface area contributed by atoms with Gasteiger partial charge < -0.3 is 25.8 Å². The lowest BCUT2D eigenvalue weighted by Crippen LogP contribution is -2.28. The molecular weight excluding hydrogens is 282 g/mol. The molecule has 0 aliphatic rings. The van der Waals surface area contributed by atoms with E-state index in [0.29, 0.717) is 30.4 Å². The molecule has 0 fully saturated rings. The van der Waals surface area contributed by atoms with E-state index in [-0.39, 0.29) is 6.61 Å². The summed E-state index contributed by atoms with van der Waals surface area (Å²) in [5, 5.41) is 12.3. The normalized spacial score (nSPS) is 10.3. The summed E-state index contributed by atoms with van der Waals surface area (Å²) in [5.74, 6) is 1.87. The molecule has 22 heavy (non-hydrogen) atoms. The van der Waals surface area contributed by atoms with Crippen molar-refractivity contribution in [2.24, 2.45) is 0 Å². The minimum Gasteiger partial charge on any atom is -0.497 e. The van der Waals surface area contributed by atoms with E-state index in [1.165, 1.54) is 6.33 Å². The van der Waals surface area contributed by atoms with Crippen molar-refractivity contribution in [3.63, 3.8) is 0 Å². The molecule has 0 aliphatic heterocycles. The number of nitrogen functional groups attached to an aromatic ring is 1. The summed E-state index contributed by atoms with van der Waals surface area (Å²) in [7, 11) is 1.62. The smallest absolute Gasteiger partial charge is 0.159 e. The van der Waals surface area contributed by atoms with Crippen molar-refractivity contribution < 1.29 is 9.84 Å². The molecule has 0 aliphatic carbocycles. The van der Waals surface area contributed by atoms with Gasteiger partial charge in [0.15, 0.2) is 11.6 Å². The van der Waals surface area contributed by atoms with Crippen molar-refractivity contribution in [1.29, 1.82) is 0 Å².